The first-order chi connectivity index (χ1) is 17.1. The highest BCUT2D eigenvalue weighted by molar-refractivity contribution is 7.97. The lowest BCUT2D eigenvalue weighted by Crippen LogP contribution is -2.44. The van der Waals surface area contributed by atoms with Gasteiger partial charge in [-0.3, -0.25) is 0 Å². The number of hydrogen-bond acceptors (Lipinski definition) is 6. The van der Waals surface area contributed by atoms with E-state index in [0.717, 1.165) is 12.4 Å². The van der Waals surface area contributed by atoms with Crippen molar-refractivity contribution in [1.82, 2.24) is 14.2 Å². The van der Waals surface area contributed by atoms with Crippen molar-refractivity contribution in [2.24, 2.45) is 11.0 Å². The molecule has 0 aliphatic carbocycles. The van der Waals surface area contributed by atoms with Crippen LogP contribution in [0.3, 0.4) is 0 Å². The lowest BCUT2D eigenvalue weighted by atomic mass is 9.86. The molecular formula is C29H38N4OS. The number of ether oxygens (including phenoxy) is 1. The normalized spacial score (nSPS) is 24.6. The standard InChI is InChI=1S/C29H38N4OS/c1-22-5-9-24(10-6-22)19-26-20-34-21-27-28(26)30-33(29(27)25-11-7-23(2)8-12-25)35-18-4-13-32-16-14-31(3)15-17-32/h5-12,19,27,29H,4,13-18,20-21H2,1-3H3. The van der Waals surface area contributed by atoms with Gasteiger partial charge in [-0.2, -0.15) is 5.10 Å². The Bertz CT molecular complexity index is 1040. The van der Waals surface area contributed by atoms with Crippen LogP contribution in [-0.4, -0.2) is 78.7 Å². The molecule has 186 valence electrons. The van der Waals surface area contributed by atoms with E-state index in [1.165, 1.54) is 72.7 Å². The molecule has 0 saturated carbocycles. The number of fused-ring (bicyclic) bond motifs is 1. The fraction of sp³-hybridized carbons (Fsp3) is 0.483. The topological polar surface area (TPSA) is 31.3 Å². The number of hydrazone groups is 1. The van der Waals surface area contributed by atoms with E-state index in [9.17, 15) is 0 Å². The lowest BCUT2D eigenvalue weighted by Gasteiger charge is -2.32. The Balaban J connectivity index is 1.32. The Morgan fingerprint density at radius 2 is 1.66 bits per heavy atom. The van der Waals surface area contributed by atoms with Crippen LogP contribution in [0, 0.1) is 19.8 Å². The molecule has 0 radical (unpaired) electrons. The summed E-state index contributed by atoms with van der Waals surface area (Å²) in [6, 6.07) is 17.9. The second-order valence-corrected chi connectivity index (χ2v) is 11.2. The second kappa shape index (κ2) is 11.3. The smallest absolute Gasteiger partial charge is 0.0947 e. The summed E-state index contributed by atoms with van der Waals surface area (Å²) in [6.45, 7) is 11.5. The molecule has 0 bridgehead atoms. The average Bonchev–Trinajstić information content (AvgIpc) is 3.24. The highest BCUT2D eigenvalue weighted by atomic mass is 32.2. The van der Waals surface area contributed by atoms with Crippen molar-refractivity contribution in [3.05, 3.63) is 76.4 Å². The molecule has 2 fully saturated rings. The van der Waals surface area contributed by atoms with Crippen molar-refractivity contribution in [3.8, 4) is 0 Å². The molecule has 35 heavy (non-hydrogen) atoms. The number of likely N-dealkylation sites (N-methyl/N-ethyl adjacent to an activating group) is 1. The molecule has 3 aliphatic rings. The fourth-order valence-electron chi connectivity index (χ4n) is 5.12. The van der Waals surface area contributed by atoms with Crippen LogP contribution in [0.25, 0.3) is 6.08 Å². The molecule has 3 aliphatic heterocycles. The van der Waals surface area contributed by atoms with Gasteiger partial charge in [0.1, 0.15) is 0 Å². The predicted octanol–water partition coefficient (Wildman–Crippen LogP) is 5.03. The van der Waals surface area contributed by atoms with E-state index >= 15 is 0 Å². The number of hydrogen-bond donors (Lipinski definition) is 0. The van der Waals surface area contributed by atoms with Crippen LogP contribution in [0.1, 0.15) is 34.7 Å². The van der Waals surface area contributed by atoms with Gasteiger partial charge in [0.05, 0.1) is 30.9 Å². The van der Waals surface area contributed by atoms with E-state index in [-0.39, 0.29) is 12.0 Å². The Morgan fingerprint density at radius 1 is 0.971 bits per heavy atom. The van der Waals surface area contributed by atoms with Crippen molar-refractivity contribution >= 4 is 23.7 Å². The molecule has 2 saturated heterocycles. The lowest BCUT2D eigenvalue weighted by molar-refractivity contribution is 0.113. The van der Waals surface area contributed by atoms with Crippen molar-refractivity contribution in [1.29, 1.82) is 0 Å². The molecule has 0 spiro atoms. The third kappa shape index (κ3) is 6.00. The number of piperazine rings is 1. The first kappa shape index (κ1) is 24.6. The van der Waals surface area contributed by atoms with Crippen molar-refractivity contribution in [3.63, 3.8) is 0 Å². The predicted molar refractivity (Wildman–Crippen MR) is 148 cm³/mol. The number of benzene rings is 2. The molecule has 0 N–H and O–H groups in total. The number of aryl methyl sites for hydroxylation is 2. The van der Waals surface area contributed by atoms with E-state index in [0.29, 0.717) is 6.61 Å². The minimum Gasteiger partial charge on any atom is -0.376 e. The monoisotopic (exact) mass is 490 g/mol. The molecular weight excluding hydrogens is 452 g/mol. The van der Waals surface area contributed by atoms with Gasteiger partial charge in [0.2, 0.25) is 0 Å². The maximum atomic E-state index is 6.13. The summed E-state index contributed by atoms with van der Waals surface area (Å²) in [5.41, 5.74) is 7.52. The summed E-state index contributed by atoms with van der Waals surface area (Å²) in [5, 5.41) is 5.22. The van der Waals surface area contributed by atoms with Crippen LogP contribution in [0.4, 0.5) is 0 Å². The highest BCUT2D eigenvalue weighted by Crippen LogP contribution is 2.43. The molecule has 0 amide bonds. The zero-order valence-electron chi connectivity index (χ0n) is 21.3. The fourth-order valence-corrected chi connectivity index (χ4v) is 6.14. The molecule has 2 aromatic rings. The first-order valence-corrected chi connectivity index (χ1v) is 13.8. The summed E-state index contributed by atoms with van der Waals surface area (Å²) < 4.78 is 8.42. The summed E-state index contributed by atoms with van der Waals surface area (Å²) in [6.07, 6.45) is 3.45. The van der Waals surface area contributed by atoms with Crippen molar-refractivity contribution in [2.45, 2.75) is 26.3 Å². The van der Waals surface area contributed by atoms with Gasteiger partial charge in [-0.15, -0.1) is 0 Å². The SMILES string of the molecule is Cc1ccc(C=C2COCC3C2=NN(SCCCN2CCN(C)CC2)C3c2ccc(C)cc2)cc1. The van der Waals surface area contributed by atoms with Gasteiger partial charge in [0.25, 0.3) is 0 Å². The molecule has 0 aromatic heterocycles. The van der Waals surface area contributed by atoms with E-state index in [2.05, 4.69) is 89.7 Å². The summed E-state index contributed by atoms with van der Waals surface area (Å²) >= 11 is 1.88. The van der Waals surface area contributed by atoms with Gasteiger partial charge in [-0.05, 0) is 63.0 Å². The number of rotatable bonds is 7. The minimum atomic E-state index is 0.209. The van der Waals surface area contributed by atoms with E-state index in [4.69, 9.17) is 9.84 Å². The third-order valence-corrected chi connectivity index (χ3v) is 8.38. The summed E-state index contributed by atoms with van der Waals surface area (Å²) in [5.74, 6) is 1.34. The molecule has 2 atom stereocenters. The second-order valence-electron chi connectivity index (χ2n) is 10.2. The third-order valence-electron chi connectivity index (χ3n) is 7.34. The Hall–Kier alpha value is -2.12. The van der Waals surface area contributed by atoms with Gasteiger partial charge in [0, 0.05) is 37.5 Å². The molecule has 6 heteroatoms. The van der Waals surface area contributed by atoms with E-state index in [1.54, 1.807) is 0 Å². The first-order valence-electron chi connectivity index (χ1n) is 12.9. The summed E-state index contributed by atoms with van der Waals surface area (Å²) in [4.78, 5) is 5.02. The Kier molecular flexibility index (Phi) is 7.93. The quantitative estimate of drug-likeness (QED) is 0.401. The molecule has 5 nitrogen and oxygen atoms in total. The zero-order valence-corrected chi connectivity index (χ0v) is 22.1. The largest absolute Gasteiger partial charge is 0.376 e. The van der Waals surface area contributed by atoms with E-state index in [1.807, 2.05) is 11.9 Å². The summed E-state index contributed by atoms with van der Waals surface area (Å²) in [7, 11) is 2.22. The molecule has 2 unspecified atom stereocenters. The van der Waals surface area contributed by atoms with Gasteiger partial charge < -0.3 is 14.5 Å². The maximum Gasteiger partial charge on any atom is 0.0947 e. The number of nitrogens with zero attached hydrogens (tertiary/aromatic N) is 4. The van der Waals surface area contributed by atoms with Gasteiger partial charge in [0.15, 0.2) is 0 Å². The molecule has 3 heterocycles. The maximum absolute atomic E-state index is 6.13. The van der Waals surface area contributed by atoms with Crippen LogP contribution in [0.5, 0.6) is 0 Å². The zero-order chi connectivity index (χ0) is 24.2. The van der Waals surface area contributed by atoms with Gasteiger partial charge in [-0.25, -0.2) is 4.41 Å². The van der Waals surface area contributed by atoms with Crippen LogP contribution >= 0.6 is 11.9 Å². The van der Waals surface area contributed by atoms with Gasteiger partial charge in [-0.1, -0.05) is 59.7 Å². The van der Waals surface area contributed by atoms with Crippen molar-refractivity contribution < 1.29 is 4.74 Å². The molecule has 2 aromatic carbocycles. The minimum absolute atomic E-state index is 0.209. The van der Waals surface area contributed by atoms with Crippen LogP contribution in [0.15, 0.2) is 59.2 Å². The van der Waals surface area contributed by atoms with Gasteiger partial charge >= 0.3 is 0 Å². The Morgan fingerprint density at radius 3 is 2.37 bits per heavy atom. The Labute approximate surface area is 215 Å². The van der Waals surface area contributed by atoms with E-state index < -0.39 is 0 Å². The van der Waals surface area contributed by atoms with Crippen molar-refractivity contribution in [2.75, 3.05) is 58.7 Å². The average molecular weight is 491 g/mol. The molecule has 5 rings (SSSR count). The highest BCUT2D eigenvalue weighted by Gasteiger charge is 2.42. The van der Waals surface area contributed by atoms with Crippen LogP contribution in [0.2, 0.25) is 0 Å². The van der Waals surface area contributed by atoms with Crippen LogP contribution < -0.4 is 0 Å². The van der Waals surface area contributed by atoms with Crippen LogP contribution in [-0.2, 0) is 4.74 Å².